The molecule has 1 aromatic heterocycles. The second kappa shape index (κ2) is 5.14. The molecule has 2 rings (SSSR count). The number of nitrogens with zero attached hydrogens (tertiary/aromatic N) is 4. The number of hydrogen-bond donors (Lipinski definition) is 1. The molecule has 0 aromatic carbocycles. The van der Waals surface area contributed by atoms with Gasteiger partial charge in [0, 0.05) is 37.8 Å². The monoisotopic (exact) mass is 267 g/mol. The van der Waals surface area contributed by atoms with Crippen molar-refractivity contribution in [3.8, 4) is 0 Å². The van der Waals surface area contributed by atoms with Crippen molar-refractivity contribution >= 4 is 22.4 Å². The van der Waals surface area contributed by atoms with Crippen LogP contribution in [0.25, 0.3) is 0 Å². The zero-order valence-electron chi connectivity index (χ0n) is 11.3. The third-order valence-electron chi connectivity index (χ3n) is 2.74. The summed E-state index contributed by atoms with van der Waals surface area (Å²) in [5.74, 6) is 0.654. The molecule has 0 aliphatic carbocycles. The van der Waals surface area contributed by atoms with Crippen molar-refractivity contribution in [2.75, 3.05) is 31.1 Å². The predicted molar refractivity (Wildman–Crippen MR) is 77.3 cm³/mol. The van der Waals surface area contributed by atoms with E-state index in [2.05, 4.69) is 40.5 Å². The minimum atomic E-state index is -0.115. The van der Waals surface area contributed by atoms with Crippen LogP contribution in [0.3, 0.4) is 0 Å². The number of hydrogen-bond acceptors (Lipinski definition) is 4. The van der Waals surface area contributed by atoms with Gasteiger partial charge in [-0.1, -0.05) is 0 Å². The molecule has 18 heavy (non-hydrogen) atoms. The van der Waals surface area contributed by atoms with Crippen molar-refractivity contribution < 1.29 is 0 Å². The summed E-state index contributed by atoms with van der Waals surface area (Å²) in [6.45, 7) is 9.90. The van der Waals surface area contributed by atoms with E-state index in [-0.39, 0.29) is 5.54 Å². The molecule has 1 saturated heterocycles. The second-order valence-corrected chi connectivity index (χ2v) is 6.30. The van der Waals surface area contributed by atoms with E-state index < -0.39 is 0 Å². The number of piperazine rings is 1. The Morgan fingerprint density at radius 3 is 2.50 bits per heavy atom. The van der Waals surface area contributed by atoms with Crippen LogP contribution in [0.5, 0.6) is 0 Å². The maximum absolute atomic E-state index is 6.04. The summed E-state index contributed by atoms with van der Waals surface area (Å²) in [6, 6.07) is 0. The molecule has 1 fully saturated rings. The Hall–Kier alpha value is -1.30. The lowest BCUT2D eigenvalue weighted by Gasteiger charge is -2.35. The van der Waals surface area contributed by atoms with Gasteiger partial charge in [0.2, 0.25) is 0 Å². The lowest BCUT2D eigenvalue weighted by atomic mass is 10.1. The number of guanidine groups is 1. The van der Waals surface area contributed by atoms with E-state index in [1.54, 1.807) is 11.3 Å². The van der Waals surface area contributed by atoms with Gasteiger partial charge in [0.05, 0.1) is 5.54 Å². The van der Waals surface area contributed by atoms with Gasteiger partial charge in [0.15, 0.2) is 11.1 Å². The van der Waals surface area contributed by atoms with Gasteiger partial charge in [-0.2, -0.15) is 0 Å². The predicted octanol–water partition coefficient (Wildman–Crippen LogP) is 1.38. The zero-order valence-corrected chi connectivity index (χ0v) is 12.1. The van der Waals surface area contributed by atoms with E-state index in [1.807, 2.05) is 11.6 Å². The first-order valence-electron chi connectivity index (χ1n) is 6.20. The molecule has 0 saturated carbocycles. The summed E-state index contributed by atoms with van der Waals surface area (Å²) >= 11 is 1.68. The van der Waals surface area contributed by atoms with Gasteiger partial charge in [-0.25, -0.2) is 9.98 Å². The van der Waals surface area contributed by atoms with Crippen molar-refractivity contribution in [1.82, 2.24) is 9.88 Å². The molecule has 2 N–H and O–H groups in total. The highest BCUT2D eigenvalue weighted by atomic mass is 32.1. The molecule has 1 aromatic rings. The van der Waals surface area contributed by atoms with Crippen molar-refractivity contribution in [3.63, 3.8) is 0 Å². The second-order valence-electron chi connectivity index (χ2n) is 5.43. The summed E-state index contributed by atoms with van der Waals surface area (Å²) in [5, 5.41) is 3.11. The van der Waals surface area contributed by atoms with Crippen LogP contribution in [-0.4, -0.2) is 47.6 Å². The first kappa shape index (κ1) is 13.1. The fourth-order valence-electron chi connectivity index (χ4n) is 1.91. The van der Waals surface area contributed by atoms with Gasteiger partial charge >= 0.3 is 0 Å². The smallest absolute Gasteiger partial charge is 0.191 e. The number of rotatable bonds is 1. The van der Waals surface area contributed by atoms with Crippen LogP contribution in [-0.2, 0) is 0 Å². The molecule has 100 valence electrons. The molecule has 0 bridgehead atoms. The van der Waals surface area contributed by atoms with Crippen LogP contribution in [0, 0.1) is 0 Å². The standard InChI is InChI=1S/C12H21N5S/c1-12(2,3)15-10(13)16-5-7-17(8-6-16)11-14-4-9-18-11/h4,9H,5-8H2,1-3H3,(H2,13,15). The molecule has 0 atom stereocenters. The lowest BCUT2D eigenvalue weighted by Crippen LogP contribution is -2.51. The molecule has 0 spiro atoms. The summed E-state index contributed by atoms with van der Waals surface area (Å²) in [7, 11) is 0. The average molecular weight is 267 g/mol. The molecule has 0 amide bonds. The average Bonchev–Trinajstić information content (AvgIpc) is 2.80. The third-order valence-corrected chi connectivity index (χ3v) is 3.58. The molecular formula is C12H21N5S. The minimum Gasteiger partial charge on any atom is -0.370 e. The fraction of sp³-hybridized carbons (Fsp3) is 0.667. The quantitative estimate of drug-likeness (QED) is 0.617. The number of aliphatic imine (C=N–C) groups is 1. The van der Waals surface area contributed by atoms with E-state index in [9.17, 15) is 0 Å². The topological polar surface area (TPSA) is 57.8 Å². The molecule has 5 nitrogen and oxygen atoms in total. The molecular weight excluding hydrogens is 246 g/mol. The minimum absolute atomic E-state index is 0.115. The van der Waals surface area contributed by atoms with Crippen LogP contribution in [0.15, 0.2) is 16.6 Å². The maximum atomic E-state index is 6.04. The molecule has 0 unspecified atom stereocenters. The van der Waals surface area contributed by atoms with E-state index in [0.717, 1.165) is 31.3 Å². The number of aromatic nitrogens is 1. The SMILES string of the molecule is CC(C)(C)N=C(N)N1CCN(c2nccs2)CC1. The van der Waals surface area contributed by atoms with Gasteiger partial charge in [-0.3, -0.25) is 0 Å². The normalized spacial score (nSPS) is 18.3. The van der Waals surface area contributed by atoms with Gasteiger partial charge in [0.25, 0.3) is 0 Å². The summed E-state index contributed by atoms with van der Waals surface area (Å²) in [6.07, 6.45) is 1.85. The van der Waals surface area contributed by atoms with Gasteiger partial charge < -0.3 is 15.5 Å². The highest BCUT2D eigenvalue weighted by Crippen LogP contribution is 2.19. The van der Waals surface area contributed by atoms with Crippen molar-refractivity contribution in [1.29, 1.82) is 0 Å². The Bertz CT molecular complexity index is 399. The fourth-order valence-corrected chi connectivity index (χ4v) is 2.61. The molecule has 0 radical (unpaired) electrons. The Labute approximate surface area is 112 Å². The highest BCUT2D eigenvalue weighted by Gasteiger charge is 2.21. The van der Waals surface area contributed by atoms with Crippen molar-refractivity contribution in [2.45, 2.75) is 26.3 Å². The highest BCUT2D eigenvalue weighted by molar-refractivity contribution is 7.13. The Kier molecular flexibility index (Phi) is 3.75. The van der Waals surface area contributed by atoms with Crippen LogP contribution < -0.4 is 10.6 Å². The van der Waals surface area contributed by atoms with Crippen LogP contribution >= 0.6 is 11.3 Å². The Morgan fingerprint density at radius 2 is 2.00 bits per heavy atom. The van der Waals surface area contributed by atoms with E-state index >= 15 is 0 Å². The van der Waals surface area contributed by atoms with E-state index in [1.165, 1.54) is 0 Å². The largest absolute Gasteiger partial charge is 0.370 e. The van der Waals surface area contributed by atoms with E-state index in [4.69, 9.17) is 5.73 Å². The molecule has 6 heteroatoms. The number of anilines is 1. The Balaban J connectivity index is 1.93. The Morgan fingerprint density at radius 1 is 1.33 bits per heavy atom. The van der Waals surface area contributed by atoms with Crippen LogP contribution in [0.2, 0.25) is 0 Å². The first-order chi connectivity index (χ1) is 8.46. The maximum Gasteiger partial charge on any atom is 0.191 e. The van der Waals surface area contributed by atoms with Crippen LogP contribution in [0.1, 0.15) is 20.8 Å². The molecule has 1 aliphatic rings. The van der Waals surface area contributed by atoms with Gasteiger partial charge in [-0.15, -0.1) is 11.3 Å². The van der Waals surface area contributed by atoms with E-state index in [0.29, 0.717) is 5.96 Å². The molecule has 2 heterocycles. The summed E-state index contributed by atoms with van der Waals surface area (Å²) < 4.78 is 0. The van der Waals surface area contributed by atoms with Crippen molar-refractivity contribution in [2.24, 2.45) is 10.7 Å². The van der Waals surface area contributed by atoms with Crippen molar-refractivity contribution in [3.05, 3.63) is 11.6 Å². The lowest BCUT2D eigenvalue weighted by molar-refractivity contribution is 0.375. The summed E-state index contributed by atoms with van der Waals surface area (Å²) in [5.41, 5.74) is 5.93. The summed E-state index contributed by atoms with van der Waals surface area (Å²) in [4.78, 5) is 13.3. The molecule has 1 aliphatic heterocycles. The van der Waals surface area contributed by atoms with Crippen LogP contribution in [0.4, 0.5) is 5.13 Å². The van der Waals surface area contributed by atoms with Gasteiger partial charge in [-0.05, 0) is 20.8 Å². The first-order valence-corrected chi connectivity index (χ1v) is 7.08. The third kappa shape index (κ3) is 3.35. The zero-order chi connectivity index (χ0) is 13.2. The van der Waals surface area contributed by atoms with Gasteiger partial charge in [0.1, 0.15) is 0 Å². The number of nitrogens with two attached hydrogens (primary N) is 1. The number of thiazole rings is 1.